The minimum absolute atomic E-state index is 0. The topological polar surface area (TPSA) is 21.3 Å². The number of nitrogens with one attached hydrogen (secondary N) is 1. The Labute approximate surface area is 143 Å². The first kappa shape index (κ1) is 17.3. The molecule has 2 aromatic carbocycles. The van der Waals surface area contributed by atoms with Gasteiger partial charge >= 0.3 is 0 Å². The highest BCUT2D eigenvalue weighted by Crippen LogP contribution is 2.41. The van der Waals surface area contributed by atoms with Crippen LogP contribution >= 0.6 is 24.0 Å². The minimum Gasteiger partial charge on any atom is -0.373 e. The monoisotopic (exact) mass is 337 g/mol. The Morgan fingerprint density at radius 2 is 1.55 bits per heavy atom. The van der Waals surface area contributed by atoms with E-state index in [1.165, 1.54) is 11.1 Å². The van der Waals surface area contributed by atoms with Gasteiger partial charge in [-0.3, -0.25) is 0 Å². The van der Waals surface area contributed by atoms with Gasteiger partial charge in [0, 0.05) is 17.7 Å². The molecule has 118 valence electrons. The van der Waals surface area contributed by atoms with Crippen molar-refractivity contribution in [2.45, 2.75) is 18.4 Å². The highest BCUT2D eigenvalue weighted by Gasteiger charge is 2.35. The van der Waals surface area contributed by atoms with Gasteiger partial charge in [0.05, 0.1) is 5.60 Å². The first-order valence-electron chi connectivity index (χ1n) is 7.37. The first-order valence-corrected chi connectivity index (χ1v) is 7.75. The third kappa shape index (κ3) is 3.16. The number of hydrogen-bond acceptors (Lipinski definition) is 2. The molecule has 0 spiro atoms. The van der Waals surface area contributed by atoms with Gasteiger partial charge in [0.25, 0.3) is 0 Å². The van der Waals surface area contributed by atoms with Gasteiger partial charge in [-0.15, -0.1) is 12.4 Å². The summed E-state index contributed by atoms with van der Waals surface area (Å²) in [5.41, 5.74) is 3.26. The summed E-state index contributed by atoms with van der Waals surface area (Å²) >= 11 is 6.41. The van der Waals surface area contributed by atoms with E-state index < -0.39 is 0 Å². The molecule has 0 saturated carbocycles. The van der Waals surface area contributed by atoms with Gasteiger partial charge in [0.2, 0.25) is 0 Å². The molecule has 1 fully saturated rings. The van der Waals surface area contributed by atoms with Crippen molar-refractivity contribution in [2.75, 3.05) is 20.2 Å². The molecule has 22 heavy (non-hydrogen) atoms. The molecule has 0 aliphatic carbocycles. The molecule has 1 aliphatic heterocycles. The molecular weight excluding hydrogens is 317 g/mol. The smallest absolute Gasteiger partial charge is 0.0957 e. The summed E-state index contributed by atoms with van der Waals surface area (Å²) in [6, 6.07) is 16.5. The van der Waals surface area contributed by atoms with E-state index in [1.807, 2.05) is 25.3 Å². The molecule has 1 heterocycles. The lowest BCUT2D eigenvalue weighted by atomic mass is 9.80. The normalized spacial score (nSPS) is 16.8. The zero-order valence-electron chi connectivity index (χ0n) is 12.6. The Morgan fingerprint density at radius 1 is 0.955 bits per heavy atom. The standard InChI is InChI=1S/C18H20ClNO.ClH/c1-21-18(10-12-20-13-11-18)16-8-4-2-6-14(16)15-7-3-5-9-17(15)19;/h2-9,20H,10-13H2,1H3;1H. The van der Waals surface area contributed by atoms with Crippen LogP contribution in [0.3, 0.4) is 0 Å². The molecule has 1 saturated heterocycles. The molecule has 0 atom stereocenters. The summed E-state index contributed by atoms with van der Waals surface area (Å²) in [5.74, 6) is 0. The predicted molar refractivity (Wildman–Crippen MR) is 94.9 cm³/mol. The van der Waals surface area contributed by atoms with Crippen molar-refractivity contribution < 1.29 is 4.74 Å². The summed E-state index contributed by atoms with van der Waals surface area (Å²) in [7, 11) is 1.81. The third-order valence-electron chi connectivity index (χ3n) is 4.38. The zero-order valence-corrected chi connectivity index (χ0v) is 14.2. The van der Waals surface area contributed by atoms with Gasteiger partial charge in [-0.25, -0.2) is 0 Å². The Hall–Kier alpha value is -1.06. The number of methoxy groups -OCH3 is 1. The number of halogens is 2. The van der Waals surface area contributed by atoms with Gasteiger partial charge in [-0.05, 0) is 43.1 Å². The molecule has 0 aromatic heterocycles. The molecular formula is C18H21Cl2NO. The van der Waals surface area contributed by atoms with E-state index in [1.54, 1.807) is 0 Å². The fraction of sp³-hybridized carbons (Fsp3) is 0.333. The quantitative estimate of drug-likeness (QED) is 0.879. The van der Waals surface area contributed by atoms with Gasteiger partial charge in [0.1, 0.15) is 0 Å². The predicted octanol–water partition coefficient (Wildman–Crippen LogP) is 4.65. The van der Waals surface area contributed by atoms with Crippen molar-refractivity contribution in [3.63, 3.8) is 0 Å². The van der Waals surface area contributed by atoms with E-state index in [2.05, 4.69) is 35.6 Å². The van der Waals surface area contributed by atoms with E-state index >= 15 is 0 Å². The Bertz CT molecular complexity index is 624. The molecule has 2 aromatic rings. The first-order chi connectivity index (χ1) is 10.3. The highest BCUT2D eigenvalue weighted by molar-refractivity contribution is 6.33. The maximum atomic E-state index is 6.41. The Kier molecular flexibility index (Phi) is 5.87. The second-order valence-corrected chi connectivity index (χ2v) is 5.88. The number of piperidine rings is 1. The van der Waals surface area contributed by atoms with Crippen LogP contribution < -0.4 is 5.32 Å². The lowest BCUT2D eigenvalue weighted by molar-refractivity contribution is -0.0386. The fourth-order valence-electron chi connectivity index (χ4n) is 3.21. The molecule has 4 heteroatoms. The lowest BCUT2D eigenvalue weighted by Crippen LogP contribution is -2.41. The van der Waals surface area contributed by atoms with E-state index in [4.69, 9.17) is 16.3 Å². The van der Waals surface area contributed by atoms with Crippen LogP contribution in [0, 0.1) is 0 Å². The third-order valence-corrected chi connectivity index (χ3v) is 4.71. The highest BCUT2D eigenvalue weighted by atomic mass is 35.5. The molecule has 0 unspecified atom stereocenters. The second kappa shape index (κ2) is 7.47. The van der Waals surface area contributed by atoms with E-state index in [9.17, 15) is 0 Å². The average molecular weight is 338 g/mol. The number of rotatable bonds is 3. The average Bonchev–Trinajstić information content (AvgIpc) is 2.56. The molecule has 0 radical (unpaired) electrons. The van der Waals surface area contributed by atoms with Crippen LogP contribution in [-0.4, -0.2) is 20.2 Å². The van der Waals surface area contributed by atoms with Crippen LogP contribution in [0.4, 0.5) is 0 Å². The number of hydrogen-bond donors (Lipinski definition) is 1. The van der Waals surface area contributed by atoms with Crippen molar-refractivity contribution in [1.82, 2.24) is 5.32 Å². The molecule has 2 nitrogen and oxygen atoms in total. The van der Waals surface area contributed by atoms with Gasteiger partial charge < -0.3 is 10.1 Å². The van der Waals surface area contributed by atoms with Crippen LogP contribution in [0.25, 0.3) is 11.1 Å². The summed E-state index contributed by atoms with van der Waals surface area (Å²) in [5, 5.41) is 4.19. The fourth-order valence-corrected chi connectivity index (χ4v) is 3.45. The van der Waals surface area contributed by atoms with Crippen LogP contribution in [-0.2, 0) is 10.3 Å². The van der Waals surface area contributed by atoms with E-state index in [0.717, 1.165) is 36.5 Å². The Morgan fingerprint density at radius 3 is 2.18 bits per heavy atom. The summed E-state index contributed by atoms with van der Waals surface area (Å²) in [6.45, 7) is 1.95. The summed E-state index contributed by atoms with van der Waals surface area (Å²) in [6.07, 6.45) is 1.95. The van der Waals surface area contributed by atoms with Crippen LogP contribution in [0.1, 0.15) is 18.4 Å². The molecule has 3 rings (SSSR count). The van der Waals surface area contributed by atoms with Gasteiger partial charge in [0.15, 0.2) is 0 Å². The van der Waals surface area contributed by atoms with Gasteiger partial charge in [-0.2, -0.15) is 0 Å². The van der Waals surface area contributed by atoms with Crippen molar-refractivity contribution in [3.05, 3.63) is 59.1 Å². The zero-order chi connectivity index (χ0) is 14.7. The second-order valence-electron chi connectivity index (χ2n) is 5.47. The number of benzene rings is 2. The maximum Gasteiger partial charge on any atom is 0.0957 e. The van der Waals surface area contributed by atoms with E-state index in [0.29, 0.717) is 0 Å². The van der Waals surface area contributed by atoms with Crippen LogP contribution in [0.2, 0.25) is 5.02 Å². The minimum atomic E-state index is -0.221. The van der Waals surface area contributed by atoms with Gasteiger partial charge in [-0.1, -0.05) is 54.1 Å². The molecule has 0 amide bonds. The summed E-state index contributed by atoms with van der Waals surface area (Å²) in [4.78, 5) is 0. The molecule has 1 aliphatic rings. The van der Waals surface area contributed by atoms with Crippen molar-refractivity contribution in [1.29, 1.82) is 0 Å². The van der Waals surface area contributed by atoms with Crippen molar-refractivity contribution in [2.24, 2.45) is 0 Å². The maximum absolute atomic E-state index is 6.41. The summed E-state index contributed by atoms with van der Waals surface area (Å²) < 4.78 is 5.98. The Balaban J connectivity index is 0.00000176. The molecule has 0 bridgehead atoms. The SMILES string of the molecule is COC1(c2ccccc2-c2ccccc2Cl)CCNCC1.Cl. The largest absolute Gasteiger partial charge is 0.373 e. The lowest BCUT2D eigenvalue weighted by Gasteiger charge is -2.38. The number of ether oxygens (including phenoxy) is 1. The van der Waals surface area contributed by atoms with Crippen LogP contribution in [0.5, 0.6) is 0 Å². The van der Waals surface area contributed by atoms with Crippen molar-refractivity contribution >= 4 is 24.0 Å². The van der Waals surface area contributed by atoms with Crippen LogP contribution in [0.15, 0.2) is 48.5 Å². The van der Waals surface area contributed by atoms with E-state index in [-0.39, 0.29) is 18.0 Å². The molecule has 1 N–H and O–H groups in total. The van der Waals surface area contributed by atoms with Crippen molar-refractivity contribution in [3.8, 4) is 11.1 Å².